The molecule has 0 unspecified atom stereocenters. The topological polar surface area (TPSA) is 95.1 Å². The summed E-state index contributed by atoms with van der Waals surface area (Å²) in [4.78, 5) is 33.3. The molecule has 3 aromatic rings. The Bertz CT molecular complexity index is 979. The van der Waals surface area contributed by atoms with Gasteiger partial charge in [0, 0.05) is 24.3 Å². The molecule has 0 fully saturated rings. The highest BCUT2D eigenvalue weighted by molar-refractivity contribution is 7.18. The Morgan fingerprint density at radius 2 is 2.04 bits per heavy atom. The molecule has 3 N–H and O–H groups in total. The predicted molar refractivity (Wildman–Crippen MR) is 102 cm³/mol. The van der Waals surface area contributed by atoms with E-state index in [1.54, 1.807) is 0 Å². The number of carbonyl (C=O) groups is 1. The van der Waals surface area contributed by atoms with Crippen LogP contribution in [0.5, 0.6) is 0 Å². The molecule has 136 valence electrons. The summed E-state index contributed by atoms with van der Waals surface area (Å²) in [5.74, 6) is 0.309. The summed E-state index contributed by atoms with van der Waals surface area (Å²) in [6.07, 6.45) is -0.209. The number of aromatic nitrogens is 2. The lowest BCUT2D eigenvalue weighted by Crippen LogP contribution is -2.28. The summed E-state index contributed by atoms with van der Waals surface area (Å²) in [5.41, 5.74) is 1.55. The maximum Gasteiger partial charge on any atom is 0.259 e. The van der Waals surface area contributed by atoms with Crippen molar-refractivity contribution in [3.8, 4) is 0 Å². The van der Waals surface area contributed by atoms with E-state index in [0.29, 0.717) is 22.5 Å². The molecule has 26 heavy (non-hydrogen) atoms. The van der Waals surface area contributed by atoms with Gasteiger partial charge in [0.1, 0.15) is 10.7 Å². The van der Waals surface area contributed by atoms with Crippen molar-refractivity contribution in [3.63, 3.8) is 0 Å². The molecule has 6 nitrogen and oxygen atoms in total. The van der Waals surface area contributed by atoms with E-state index in [2.05, 4.69) is 15.3 Å². The van der Waals surface area contributed by atoms with Crippen molar-refractivity contribution in [3.05, 3.63) is 62.5 Å². The molecule has 2 heterocycles. The molecular weight excluding hydrogens is 350 g/mol. The minimum atomic E-state index is -0.744. The van der Waals surface area contributed by atoms with Crippen LogP contribution in [0.1, 0.15) is 34.4 Å². The van der Waals surface area contributed by atoms with Crippen LogP contribution >= 0.6 is 11.3 Å². The van der Waals surface area contributed by atoms with Crippen molar-refractivity contribution in [2.24, 2.45) is 0 Å². The van der Waals surface area contributed by atoms with Gasteiger partial charge in [0.05, 0.1) is 11.5 Å². The number of nitrogens with one attached hydrogen (secondary N) is 2. The molecule has 0 radical (unpaired) electrons. The van der Waals surface area contributed by atoms with Crippen molar-refractivity contribution in [2.45, 2.75) is 32.8 Å². The van der Waals surface area contributed by atoms with Gasteiger partial charge >= 0.3 is 0 Å². The zero-order chi connectivity index (χ0) is 18.7. The van der Waals surface area contributed by atoms with Crippen LogP contribution in [0.4, 0.5) is 0 Å². The third-order valence-corrected chi connectivity index (χ3v) is 5.46. The van der Waals surface area contributed by atoms with Gasteiger partial charge in [0.15, 0.2) is 0 Å². The third-order valence-electron chi connectivity index (χ3n) is 4.35. The fourth-order valence-electron chi connectivity index (χ4n) is 2.74. The molecule has 1 atom stereocenters. The second kappa shape index (κ2) is 7.80. The maximum absolute atomic E-state index is 12.2. The van der Waals surface area contributed by atoms with Crippen LogP contribution in [-0.4, -0.2) is 27.5 Å². The van der Waals surface area contributed by atoms with Gasteiger partial charge in [0.2, 0.25) is 5.91 Å². The van der Waals surface area contributed by atoms with Crippen LogP contribution in [0.25, 0.3) is 10.2 Å². The number of nitrogens with zero attached hydrogens (tertiary/aromatic N) is 1. The molecule has 0 saturated heterocycles. The zero-order valence-electron chi connectivity index (χ0n) is 14.7. The molecule has 0 aliphatic rings. The number of amides is 1. The Balaban J connectivity index is 1.58. The van der Waals surface area contributed by atoms with E-state index in [1.807, 2.05) is 44.2 Å². The monoisotopic (exact) mass is 371 g/mol. The number of thiophene rings is 1. The van der Waals surface area contributed by atoms with Crippen molar-refractivity contribution < 1.29 is 9.90 Å². The van der Waals surface area contributed by atoms with Gasteiger partial charge in [-0.1, -0.05) is 30.3 Å². The summed E-state index contributed by atoms with van der Waals surface area (Å²) >= 11 is 1.49. The van der Waals surface area contributed by atoms with Crippen molar-refractivity contribution in [2.75, 3.05) is 6.54 Å². The Hall–Kier alpha value is -2.51. The number of hydrogen-bond donors (Lipinski definition) is 3. The number of benzene rings is 1. The van der Waals surface area contributed by atoms with Crippen LogP contribution in [-0.2, 0) is 11.2 Å². The SMILES string of the molecule is Cc1sc2nc(CCC(=O)NC[C@H](O)c3ccccc3)[nH]c(=O)c2c1C. The molecule has 7 heteroatoms. The van der Waals surface area contributed by atoms with Gasteiger partial charge in [-0.3, -0.25) is 9.59 Å². The van der Waals surface area contributed by atoms with Gasteiger partial charge in [-0.25, -0.2) is 4.98 Å². The first-order valence-corrected chi connectivity index (χ1v) is 9.26. The number of carbonyl (C=O) groups excluding carboxylic acids is 1. The van der Waals surface area contributed by atoms with Gasteiger partial charge in [-0.15, -0.1) is 11.3 Å². The molecule has 0 aliphatic heterocycles. The summed E-state index contributed by atoms with van der Waals surface area (Å²) < 4.78 is 0. The smallest absolute Gasteiger partial charge is 0.259 e. The largest absolute Gasteiger partial charge is 0.387 e. The molecular formula is C19H21N3O3S. The predicted octanol–water partition coefficient (Wildman–Crippen LogP) is 2.38. The van der Waals surface area contributed by atoms with Crippen molar-refractivity contribution >= 4 is 27.5 Å². The fraction of sp³-hybridized carbons (Fsp3) is 0.316. The normalized spacial score (nSPS) is 12.3. The van der Waals surface area contributed by atoms with Crippen molar-refractivity contribution in [1.82, 2.24) is 15.3 Å². The van der Waals surface area contributed by atoms with Gasteiger partial charge in [-0.05, 0) is 25.0 Å². The number of aliphatic hydroxyl groups is 1. The summed E-state index contributed by atoms with van der Waals surface area (Å²) in [7, 11) is 0. The number of aromatic amines is 1. The summed E-state index contributed by atoms with van der Waals surface area (Å²) in [5, 5.41) is 13.4. The first-order chi connectivity index (χ1) is 12.5. The second-order valence-corrected chi connectivity index (χ2v) is 7.41. The highest BCUT2D eigenvalue weighted by Crippen LogP contribution is 2.25. The summed E-state index contributed by atoms with van der Waals surface area (Å²) in [6, 6.07) is 9.17. The standard InChI is InChI=1S/C19H21N3O3S/c1-11-12(2)26-19-17(11)18(25)21-15(22-19)8-9-16(24)20-10-14(23)13-6-4-3-5-7-13/h3-7,14,23H,8-10H2,1-2H3,(H,20,24)(H,21,22,25)/t14-/m0/s1. The highest BCUT2D eigenvalue weighted by Gasteiger charge is 2.13. The van der Waals surface area contributed by atoms with E-state index >= 15 is 0 Å². The number of rotatable bonds is 6. The Morgan fingerprint density at radius 1 is 1.31 bits per heavy atom. The first kappa shape index (κ1) is 18.3. The van der Waals surface area contributed by atoms with E-state index in [4.69, 9.17) is 0 Å². The lowest BCUT2D eigenvalue weighted by Gasteiger charge is -2.12. The molecule has 0 aliphatic carbocycles. The molecule has 0 bridgehead atoms. The van der Waals surface area contributed by atoms with Crippen LogP contribution in [0.15, 0.2) is 35.1 Å². The van der Waals surface area contributed by atoms with Crippen LogP contribution < -0.4 is 10.9 Å². The average molecular weight is 371 g/mol. The quantitative estimate of drug-likeness (QED) is 0.620. The van der Waals surface area contributed by atoms with E-state index in [1.165, 1.54) is 11.3 Å². The molecule has 1 amide bonds. The van der Waals surface area contributed by atoms with Crippen LogP contribution in [0.3, 0.4) is 0 Å². The Morgan fingerprint density at radius 3 is 2.77 bits per heavy atom. The van der Waals surface area contributed by atoms with E-state index in [-0.39, 0.29) is 24.4 Å². The molecule has 0 spiro atoms. The minimum Gasteiger partial charge on any atom is -0.387 e. The first-order valence-electron chi connectivity index (χ1n) is 8.44. The van der Waals surface area contributed by atoms with E-state index in [9.17, 15) is 14.7 Å². The number of aryl methyl sites for hydroxylation is 3. The zero-order valence-corrected chi connectivity index (χ0v) is 15.5. The number of hydrogen-bond acceptors (Lipinski definition) is 5. The van der Waals surface area contributed by atoms with Crippen LogP contribution in [0, 0.1) is 13.8 Å². The maximum atomic E-state index is 12.2. The van der Waals surface area contributed by atoms with Crippen LogP contribution in [0.2, 0.25) is 0 Å². The number of H-pyrrole nitrogens is 1. The van der Waals surface area contributed by atoms with E-state index in [0.717, 1.165) is 16.0 Å². The Kier molecular flexibility index (Phi) is 5.49. The fourth-order valence-corrected chi connectivity index (χ4v) is 3.79. The van der Waals surface area contributed by atoms with Gasteiger partial charge < -0.3 is 15.4 Å². The number of fused-ring (bicyclic) bond motifs is 1. The second-order valence-electron chi connectivity index (χ2n) is 6.21. The molecule has 2 aromatic heterocycles. The van der Waals surface area contributed by atoms with Gasteiger partial charge in [-0.2, -0.15) is 0 Å². The summed E-state index contributed by atoms with van der Waals surface area (Å²) in [6.45, 7) is 4.03. The molecule has 0 saturated carbocycles. The number of aliphatic hydroxyl groups excluding tert-OH is 1. The third kappa shape index (κ3) is 4.00. The molecule has 1 aromatic carbocycles. The van der Waals surface area contributed by atoms with E-state index < -0.39 is 6.10 Å². The Labute approximate surface area is 154 Å². The van der Waals surface area contributed by atoms with Crippen molar-refractivity contribution in [1.29, 1.82) is 0 Å². The van der Waals surface area contributed by atoms with Gasteiger partial charge in [0.25, 0.3) is 5.56 Å². The lowest BCUT2D eigenvalue weighted by atomic mass is 10.1. The lowest BCUT2D eigenvalue weighted by molar-refractivity contribution is -0.121. The average Bonchev–Trinajstić information content (AvgIpc) is 2.93. The molecule has 3 rings (SSSR count). The highest BCUT2D eigenvalue weighted by atomic mass is 32.1. The minimum absolute atomic E-state index is 0.148.